The predicted molar refractivity (Wildman–Crippen MR) is 109 cm³/mol. The molecule has 2 heterocycles. The Kier molecular flexibility index (Phi) is 5.82. The monoisotopic (exact) mass is 416 g/mol. The highest BCUT2D eigenvalue weighted by Crippen LogP contribution is 2.36. The Morgan fingerprint density at radius 2 is 2.18 bits per heavy atom. The molecule has 0 spiro atoms. The first-order chi connectivity index (χ1) is 13.4. The molecule has 0 bridgehead atoms. The van der Waals surface area contributed by atoms with E-state index in [0.717, 1.165) is 11.4 Å². The van der Waals surface area contributed by atoms with Crippen molar-refractivity contribution >= 4 is 30.0 Å². The normalized spacial score (nSPS) is 11.0. The largest absolute Gasteiger partial charge is 0.493 e. The van der Waals surface area contributed by atoms with E-state index in [4.69, 9.17) is 39.7 Å². The molecule has 0 fully saturated rings. The second-order valence-electron chi connectivity index (χ2n) is 5.75. The fraction of sp³-hybridized carbons (Fsp3) is 0.222. The number of ether oxygens (including phenoxy) is 2. The van der Waals surface area contributed by atoms with Crippen LogP contribution in [-0.4, -0.2) is 44.6 Å². The van der Waals surface area contributed by atoms with Crippen LogP contribution >= 0.6 is 23.8 Å². The maximum Gasteiger partial charge on any atom is 0.271 e. The van der Waals surface area contributed by atoms with Crippen LogP contribution in [0.5, 0.6) is 11.5 Å². The Bertz CT molecular complexity index is 1140. The van der Waals surface area contributed by atoms with Crippen molar-refractivity contribution in [3.63, 3.8) is 0 Å². The summed E-state index contributed by atoms with van der Waals surface area (Å²) in [5.74, 6) is 3.65. The van der Waals surface area contributed by atoms with E-state index in [2.05, 4.69) is 26.3 Å². The van der Waals surface area contributed by atoms with Gasteiger partial charge in [-0.15, -0.1) is 11.5 Å². The summed E-state index contributed by atoms with van der Waals surface area (Å²) in [5, 5.41) is 16.1. The maximum atomic E-state index is 6.30. The number of benzene rings is 1. The van der Waals surface area contributed by atoms with Gasteiger partial charge in [-0.1, -0.05) is 17.5 Å². The molecule has 0 aliphatic heterocycles. The molecule has 0 amide bonds. The predicted octanol–water partition coefficient (Wildman–Crippen LogP) is 3.30. The number of aromatic amines is 1. The number of terminal acetylenes is 1. The summed E-state index contributed by atoms with van der Waals surface area (Å²) < 4.78 is 14.2. The molecule has 0 radical (unpaired) electrons. The van der Waals surface area contributed by atoms with Gasteiger partial charge in [0.2, 0.25) is 4.77 Å². The number of nitrogens with zero attached hydrogens (tertiary/aromatic N) is 5. The topological polar surface area (TPSA) is 82.3 Å². The third-order valence-corrected chi connectivity index (χ3v) is 4.25. The lowest BCUT2D eigenvalue weighted by Gasteiger charge is -2.11. The molecule has 2 aromatic heterocycles. The minimum atomic E-state index is 0.0830. The van der Waals surface area contributed by atoms with Crippen LogP contribution in [0.1, 0.15) is 17.0 Å². The van der Waals surface area contributed by atoms with Gasteiger partial charge >= 0.3 is 0 Å². The minimum absolute atomic E-state index is 0.0830. The minimum Gasteiger partial charge on any atom is -0.493 e. The van der Waals surface area contributed by atoms with E-state index in [-0.39, 0.29) is 6.61 Å². The van der Waals surface area contributed by atoms with Crippen LogP contribution in [0.4, 0.5) is 0 Å². The molecule has 3 aromatic rings. The molecular weight excluding hydrogens is 400 g/mol. The molecule has 0 unspecified atom stereocenters. The lowest BCUT2D eigenvalue weighted by molar-refractivity contribution is 0.331. The van der Waals surface area contributed by atoms with Gasteiger partial charge in [-0.2, -0.15) is 14.9 Å². The number of methoxy groups -OCH3 is 1. The molecule has 0 saturated heterocycles. The van der Waals surface area contributed by atoms with Gasteiger partial charge in [0.05, 0.1) is 24.0 Å². The van der Waals surface area contributed by atoms with Crippen LogP contribution < -0.4 is 9.47 Å². The third-order valence-electron chi connectivity index (χ3n) is 3.71. The zero-order chi connectivity index (χ0) is 20.3. The van der Waals surface area contributed by atoms with E-state index >= 15 is 0 Å². The Hall–Kier alpha value is -3.09. The molecule has 0 aliphatic carbocycles. The molecule has 1 aromatic carbocycles. The van der Waals surface area contributed by atoms with E-state index in [1.54, 1.807) is 23.0 Å². The lowest BCUT2D eigenvalue weighted by Crippen LogP contribution is -2.07. The Morgan fingerprint density at radius 1 is 1.39 bits per heavy atom. The van der Waals surface area contributed by atoms with Crippen molar-refractivity contribution in [3.05, 3.63) is 44.9 Å². The van der Waals surface area contributed by atoms with E-state index in [1.807, 2.05) is 19.9 Å². The van der Waals surface area contributed by atoms with E-state index < -0.39 is 0 Å². The quantitative estimate of drug-likeness (QED) is 0.378. The summed E-state index contributed by atoms with van der Waals surface area (Å²) in [7, 11) is 1.52. The summed E-state index contributed by atoms with van der Waals surface area (Å²) in [5.41, 5.74) is 2.45. The molecule has 28 heavy (non-hydrogen) atoms. The lowest BCUT2D eigenvalue weighted by atomic mass is 10.2. The van der Waals surface area contributed by atoms with Crippen molar-refractivity contribution in [2.75, 3.05) is 13.7 Å². The standard InChI is InChI=1S/C18H17ClN6O2S/c1-5-6-27-16-14(19)8-13(9-15(16)26-4)10-20-25-17(21-22-18(25)28)24-12(3)7-11(2)23-24/h1,7-10H,6H2,2-4H3,(H,22,28)/b20-10-. The van der Waals surface area contributed by atoms with Crippen LogP contribution in [0.15, 0.2) is 23.3 Å². The van der Waals surface area contributed by atoms with Gasteiger partial charge in [-0.05, 0) is 49.8 Å². The van der Waals surface area contributed by atoms with Crippen molar-refractivity contribution in [1.82, 2.24) is 24.7 Å². The van der Waals surface area contributed by atoms with Crippen LogP contribution in [0.2, 0.25) is 5.02 Å². The number of nitrogens with one attached hydrogen (secondary N) is 1. The molecule has 8 nitrogen and oxygen atoms in total. The zero-order valence-corrected chi connectivity index (χ0v) is 17.0. The molecule has 0 aliphatic rings. The van der Waals surface area contributed by atoms with Gasteiger partial charge in [0.25, 0.3) is 5.95 Å². The molecule has 0 saturated carbocycles. The first kappa shape index (κ1) is 19.7. The SMILES string of the molecule is C#CCOc1c(Cl)cc(/C=N\n2c(-n3nc(C)cc3C)n[nH]c2=S)cc1OC. The summed E-state index contributed by atoms with van der Waals surface area (Å²) in [4.78, 5) is 0. The number of hydrogen-bond donors (Lipinski definition) is 1. The van der Waals surface area contributed by atoms with Crippen LogP contribution in [-0.2, 0) is 0 Å². The highest BCUT2D eigenvalue weighted by Gasteiger charge is 2.13. The molecule has 0 atom stereocenters. The average Bonchev–Trinajstić information content (AvgIpc) is 3.19. The zero-order valence-electron chi connectivity index (χ0n) is 15.4. The second-order valence-corrected chi connectivity index (χ2v) is 6.54. The first-order valence-electron chi connectivity index (χ1n) is 8.13. The van der Waals surface area contributed by atoms with Gasteiger partial charge in [-0.3, -0.25) is 0 Å². The van der Waals surface area contributed by atoms with Crippen molar-refractivity contribution < 1.29 is 9.47 Å². The maximum absolute atomic E-state index is 6.30. The fourth-order valence-corrected chi connectivity index (χ4v) is 3.00. The smallest absolute Gasteiger partial charge is 0.271 e. The summed E-state index contributed by atoms with van der Waals surface area (Å²) in [6.45, 7) is 3.90. The Labute approximate surface area is 171 Å². The van der Waals surface area contributed by atoms with Crippen molar-refractivity contribution in [3.8, 4) is 29.8 Å². The molecule has 3 rings (SSSR count). The van der Waals surface area contributed by atoms with Gasteiger partial charge in [0.15, 0.2) is 11.5 Å². The fourth-order valence-electron chi connectivity index (χ4n) is 2.55. The van der Waals surface area contributed by atoms with Crippen LogP contribution in [0.25, 0.3) is 5.95 Å². The first-order valence-corrected chi connectivity index (χ1v) is 8.92. The van der Waals surface area contributed by atoms with Crippen molar-refractivity contribution in [1.29, 1.82) is 0 Å². The molecule has 144 valence electrons. The highest BCUT2D eigenvalue weighted by atomic mass is 35.5. The summed E-state index contributed by atoms with van der Waals surface area (Å²) in [6, 6.07) is 5.35. The number of rotatable bonds is 6. The van der Waals surface area contributed by atoms with Crippen molar-refractivity contribution in [2.45, 2.75) is 13.8 Å². The van der Waals surface area contributed by atoms with Gasteiger partial charge in [0.1, 0.15) is 6.61 Å². The average molecular weight is 417 g/mol. The molecule has 1 N–H and O–H groups in total. The Balaban J connectivity index is 1.98. The number of aromatic nitrogens is 5. The highest BCUT2D eigenvalue weighted by molar-refractivity contribution is 7.71. The second kappa shape index (κ2) is 8.29. The van der Waals surface area contributed by atoms with Gasteiger partial charge < -0.3 is 9.47 Å². The van der Waals surface area contributed by atoms with Crippen LogP contribution in [0.3, 0.4) is 0 Å². The summed E-state index contributed by atoms with van der Waals surface area (Å²) in [6.07, 6.45) is 6.81. The van der Waals surface area contributed by atoms with Gasteiger partial charge in [-0.25, -0.2) is 9.78 Å². The van der Waals surface area contributed by atoms with Crippen molar-refractivity contribution in [2.24, 2.45) is 5.10 Å². The van der Waals surface area contributed by atoms with Crippen LogP contribution in [0, 0.1) is 31.0 Å². The number of aryl methyl sites for hydroxylation is 2. The number of hydrogen-bond acceptors (Lipinski definition) is 6. The molecular formula is C18H17ClN6O2S. The Morgan fingerprint density at radius 3 is 2.82 bits per heavy atom. The van der Waals surface area contributed by atoms with E-state index in [9.17, 15) is 0 Å². The van der Waals surface area contributed by atoms with Gasteiger partial charge in [0, 0.05) is 5.69 Å². The molecule has 10 heteroatoms. The number of halogens is 1. The number of H-pyrrole nitrogens is 1. The van der Waals surface area contributed by atoms with E-state index in [0.29, 0.717) is 32.8 Å². The third kappa shape index (κ3) is 3.93. The van der Waals surface area contributed by atoms with E-state index in [1.165, 1.54) is 11.8 Å². The summed E-state index contributed by atoms with van der Waals surface area (Å²) >= 11 is 11.6.